The Balaban J connectivity index is 1.66. The van der Waals surface area contributed by atoms with Gasteiger partial charge in [-0.15, -0.1) is 0 Å². The molecule has 1 atom stereocenters. The van der Waals surface area contributed by atoms with Crippen molar-refractivity contribution in [2.45, 2.75) is 33.0 Å². The average molecular weight is 470 g/mol. The first-order valence-corrected chi connectivity index (χ1v) is 12.4. The van der Waals surface area contributed by atoms with E-state index >= 15 is 0 Å². The molecule has 2 nitrogen and oxygen atoms in total. The molecule has 0 fully saturated rings. The van der Waals surface area contributed by atoms with Gasteiger partial charge in [-0.1, -0.05) is 116 Å². The van der Waals surface area contributed by atoms with Gasteiger partial charge in [-0.25, -0.2) is 0 Å². The van der Waals surface area contributed by atoms with E-state index in [1.54, 1.807) is 0 Å². The van der Waals surface area contributed by atoms with Gasteiger partial charge in [-0.3, -0.25) is 0 Å². The van der Waals surface area contributed by atoms with E-state index in [4.69, 9.17) is 4.74 Å². The summed E-state index contributed by atoms with van der Waals surface area (Å²) < 4.78 is 6.55. The number of ether oxygens (including phenoxy) is 1. The Morgan fingerprint density at radius 3 is 2.44 bits per heavy atom. The minimum atomic E-state index is -0.195. The predicted octanol–water partition coefficient (Wildman–Crippen LogP) is 9.11. The van der Waals surface area contributed by atoms with Crippen LogP contribution in [0.4, 0.5) is 0 Å². The minimum absolute atomic E-state index is 0.195. The molecular weight excluding hydrogens is 438 g/mol. The molecule has 0 heterocycles. The number of benzene rings is 4. The molecule has 0 saturated carbocycles. The van der Waals surface area contributed by atoms with Gasteiger partial charge in [0, 0.05) is 5.56 Å². The van der Waals surface area contributed by atoms with Crippen LogP contribution in [0.2, 0.25) is 0 Å². The molecule has 4 aromatic rings. The Kier molecular flexibility index (Phi) is 8.65. The van der Waals surface area contributed by atoms with Crippen molar-refractivity contribution in [3.63, 3.8) is 0 Å². The van der Waals surface area contributed by atoms with Crippen LogP contribution in [-0.4, -0.2) is 0 Å². The van der Waals surface area contributed by atoms with E-state index in [2.05, 4.69) is 85.8 Å². The fraction of sp³-hybridized carbons (Fsp3) is 0.147. The molecule has 0 bridgehead atoms. The standard InChI is InChI=1S/C34H31NO/c1-3-5-6-8-14-27(4-2)34(29-16-9-7-10-17-29)36-25-26-21-22-30(24-35)33(23-26)32-20-13-18-28-15-11-12-19-31(28)32/h4-23,34H,3,25H2,1-2H3/b6-5+,14-8-,27-4+. The molecule has 0 spiro atoms. The second kappa shape index (κ2) is 12.5. The summed E-state index contributed by atoms with van der Waals surface area (Å²) in [5, 5.41) is 12.1. The van der Waals surface area contributed by atoms with Gasteiger partial charge in [0.15, 0.2) is 0 Å². The first kappa shape index (κ1) is 24.9. The van der Waals surface area contributed by atoms with Gasteiger partial charge < -0.3 is 4.74 Å². The maximum Gasteiger partial charge on any atom is 0.108 e. The highest BCUT2D eigenvalue weighted by atomic mass is 16.5. The van der Waals surface area contributed by atoms with Crippen molar-refractivity contribution in [1.29, 1.82) is 5.26 Å². The Morgan fingerprint density at radius 2 is 1.67 bits per heavy atom. The molecule has 0 aliphatic rings. The maximum atomic E-state index is 9.83. The molecule has 0 aromatic heterocycles. The van der Waals surface area contributed by atoms with Crippen molar-refractivity contribution >= 4 is 10.8 Å². The Morgan fingerprint density at radius 1 is 0.889 bits per heavy atom. The summed E-state index contributed by atoms with van der Waals surface area (Å²) in [5.41, 5.74) is 5.90. The molecule has 178 valence electrons. The molecule has 0 saturated heterocycles. The molecule has 36 heavy (non-hydrogen) atoms. The maximum absolute atomic E-state index is 9.83. The number of allylic oxidation sites excluding steroid dienone is 4. The lowest BCUT2D eigenvalue weighted by molar-refractivity contribution is 0.0662. The molecule has 0 N–H and O–H groups in total. The summed E-state index contributed by atoms with van der Waals surface area (Å²) >= 11 is 0. The second-order valence-electron chi connectivity index (χ2n) is 8.60. The Labute approximate surface area is 214 Å². The first-order valence-electron chi connectivity index (χ1n) is 12.4. The third kappa shape index (κ3) is 5.89. The Hall–Kier alpha value is -4.19. The number of hydrogen-bond acceptors (Lipinski definition) is 2. The van der Waals surface area contributed by atoms with Crippen LogP contribution in [0, 0.1) is 11.3 Å². The van der Waals surface area contributed by atoms with Gasteiger partial charge in [0.25, 0.3) is 0 Å². The van der Waals surface area contributed by atoms with Gasteiger partial charge in [0.2, 0.25) is 0 Å². The van der Waals surface area contributed by atoms with E-state index in [1.165, 1.54) is 0 Å². The average Bonchev–Trinajstić information content (AvgIpc) is 2.94. The highest BCUT2D eigenvalue weighted by Gasteiger charge is 2.16. The lowest BCUT2D eigenvalue weighted by Crippen LogP contribution is -2.07. The lowest BCUT2D eigenvalue weighted by Gasteiger charge is -2.20. The van der Waals surface area contributed by atoms with Crippen molar-refractivity contribution < 1.29 is 4.74 Å². The van der Waals surface area contributed by atoms with Crippen molar-refractivity contribution in [2.24, 2.45) is 0 Å². The van der Waals surface area contributed by atoms with Crippen molar-refractivity contribution in [3.05, 3.63) is 144 Å². The van der Waals surface area contributed by atoms with E-state index < -0.39 is 0 Å². The van der Waals surface area contributed by atoms with Gasteiger partial charge in [0.05, 0.1) is 18.2 Å². The molecule has 0 aliphatic carbocycles. The molecule has 4 rings (SSSR count). The zero-order valence-electron chi connectivity index (χ0n) is 20.9. The molecule has 1 unspecified atom stereocenters. The highest BCUT2D eigenvalue weighted by Crippen LogP contribution is 2.33. The van der Waals surface area contributed by atoms with E-state index in [0.29, 0.717) is 12.2 Å². The summed E-state index contributed by atoms with van der Waals surface area (Å²) in [6, 6.07) is 33.2. The topological polar surface area (TPSA) is 33.0 Å². The van der Waals surface area contributed by atoms with Gasteiger partial charge in [0.1, 0.15) is 6.10 Å². The van der Waals surface area contributed by atoms with Crippen molar-refractivity contribution in [3.8, 4) is 17.2 Å². The monoisotopic (exact) mass is 469 g/mol. The highest BCUT2D eigenvalue weighted by molar-refractivity contribution is 5.97. The zero-order chi connectivity index (χ0) is 25.2. The normalized spacial score (nSPS) is 12.9. The van der Waals surface area contributed by atoms with Crippen LogP contribution in [0.1, 0.15) is 43.1 Å². The van der Waals surface area contributed by atoms with Crippen LogP contribution in [0.15, 0.2) is 127 Å². The van der Waals surface area contributed by atoms with E-state index in [-0.39, 0.29) is 6.10 Å². The molecule has 0 aliphatic heterocycles. The second-order valence-corrected chi connectivity index (χ2v) is 8.60. The number of nitrogens with zero attached hydrogens (tertiary/aromatic N) is 1. The summed E-state index contributed by atoms with van der Waals surface area (Å²) in [5.74, 6) is 0. The van der Waals surface area contributed by atoms with Gasteiger partial charge in [-0.05, 0) is 58.5 Å². The van der Waals surface area contributed by atoms with E-state index in [9.17, 15) is 5.26 Å². The lowest BCUT2D eigenvalue weighted by atomic mass is 9.93. The number of rotatable bonds is 9. The molecule has 0 radical (unpaired) electrons. The van der Waals surface area contributed by atoms with Gasteiger partial charge >= 0.3 is 0 Å². The largest absolute Gasteiger partial charge is 0.364 e. The molecular formula is C34H31NO. The number of hydrogen-bond donors (Lipinski definition) is 0. The van der Waals surface area contributed by atoms with Gasteiger partial charge in [-0.2, -0.15) is 5.26 Å². The summed E-state index contributed by atoms with van der Waals surface area (Å²) in [4.78, 5) is 0. The first-order chi connectivity index (χ1) is 17.7. The van der Waals surface area contributed by atoms with E-state index in [0.717, 1.165) is 45.0 Å². The van der Waals surface area contributed by atoms with Crippen LogP contribution in [0.25, 0.3) is 21.9 Å². The Bertz CT molecular complexity index is 1430. The van der Waals surface area contributed by atoms with E-state index in [1.807, 2.05) is 55.5 Å². The summed E-state index contributed by atoms with van der Waals surface area (Å²) in [6.07, 6.45) is 11.3. The van der Waals surface area contributed by atoms with Crippen LogP contribution < -0.4 is 0 Å². The molecule has 0 amide bonds. The number of fused-ring (bicyclic) bond motifs is 1. The van der Waals surface area contributed by atoms with Crippen LogP contribution >= 0.6 is 0 Å². The van der Waals surface area contributed by atoms with Crippen LogP contribution in [0.5, 0.6) is 0 Å². The number of nitriles is 1. The van der Waals surface area contributed by atoms with Crippen LogP contribution in [0.3, 0.4) is 0 Å². The smallest absolute Gasteiger partial charge is 0.108 e. The SMILES string of the molecule is C\C=C(/C=C\C=C\CC)C(OCc1ccc(C#N)c(-c2cccc3ccccc23)c1)c1ccccc1. The third-order valence-corrected chi connectivity index (χ3v) is 6.21. The summed E-state index contributed by atoms with van der Waals surface area (Å²) in [7, 11) is 0. The third-order valence-electron chi connectivity index (χ3n) is 6.21. The quantitative estimate of drug-likeness (QED) is 0.229. The predicted molar refractivity (Wildman–Crippen MR) is 150 cm³/mol. The molecule has 4 aromatic carbocycles. The fourth-order valence-corrected chi connectivity index (χ4v) is 4.37. The van der Waals surface area contributed by atoms with Crippen molar-refractivity contribution in [2.75, 3.05) is 0 Å². The summed E-state index contributed by atoms with van der Waals surface area (Å²) in [6.45, 7) is 4.60. The minimum Gasteiger partial charge on any atom is -0.364 e. The zero-order valence-corrected chi connectivity index (χ0v) is 20.9. The molecule has 2 heteroatoms. The fourth-order valence-electron chi connectivity index (χ4n) is 4.37. The van der Waals surface area contributed by atoms with Crippen LogP contribution in [-0.2, 0) is 11.3 Å². The van der Waals surface area contributed by atoms with Crippen molar-refractivity contribution in [1.82, 2.24) is 0 Å².